The Kier molecular flexibility index (Phi) is 5.93. The van der Waals surface area contributed by atoms with Crippen LogP contribution in [0.3, 0.4) is 0 Å². The average Bonchev–Trinajstić information content (AvgIpc) is 3.16. The second-order valence-electron chi connectivity index (χ2n) is 7.49. The second kappa shape index (κ2) is 8.79. The molecule has 0 N–H and O–H groups in total. The molecular weight excluding hydrogens is 399 g/mol. The quantitative estimate of drug-likeness (QED) is 0.588. The standard InChI is InChI=1S/C24H25FN2O4/c1-4-5-8-31-23-12-20-18(11-22(23)30-3)24(28)27-14-16(9-17(27)13-26-20)15-6-7-21(29-2)19(25)10-15/h6-7,10-14,17H,4-5,8-9H2,1-3H3/t17-/m0/s1. The molecule has 2 aliphatic heterocycles. The maximum atomic E-state index is 14.2. The molecule has 0 radical (unpaired) electrons. The van der Waals surface area contributed by atoms with E-state index in [2.05, 4.69) is 11.9 Å². The fraction of sp³-hybridized carbons (Fsp3) is 0.333. The number of hydrogen-bond donors (Lipinski definition) is 0. The number of rotatable bonds is 7. The van der Waals surface area contributed by atoms with Crippen LogP contribution in [0, 0.1) is 5.82 Å². The molecule has 0 spiro atoms. The molecule has 2 aromatic carbocycles. The lowest BCUT2D eigenvalue weighted by molar-refractivity contribution is 0.0817. The minimum absolute atomic E-state index is 0.181. The molecule has 1 atom stereocenters. The highest BCUT2D eigenvalue weighted by Gasteiger charge is 2.33. The average molecular weight is 424 g/mol. The van der Waals surface area contributed by atoms with E-state index < -0.39 is 5.82 Å². The predicted octanol–water partition coefficient (Wildman–Crippen LogP) is 4.99. The van der Waals surface area contributed by atoms with Crippen LogP contribution in [0.1, 0.15) is 42.1 Å². The first-order valence-corrected chi connectivity index (χ1v) is 10.3. The van der Waals surface area contributed by atoms with Crippen LogP contribution in [0.5, 0.6) is 17.2 Å². The Morgan fingerprint density at radius 3 is 2.65 bits per heavy atom. The summed E-state index contributed by atoms with van der Waals surface area (Å²) in [7, 11) is 2.98. The van der Waals surface area contributed by atoms with Crippen molar-refractivity contribution in [3.63, 3.8) is 0 Å². The van der Waals surface area contributed by atoms with E-state index in [-0.39, 0.29) is 17.7 Å². The lowest BCUT2D eigenvalue weighted by Gasteiger charge is -2.19. The first kappa shape index (κ1) is 20.9. The molecule has 2 aliphatic rings. The van der Waals surface area contributed by atoms with Gasteiger partial charge in [-0.3, -0.25) is 9.79 Å². The number of unbranched alkanes of at least 4 members (excludes halogenated alkanes) is 1. The number of ether oxygens (including phenoxy) is 3. The Morgan fingerprint density at radius 2 is 1.94 bits per heavy atom. The fourth-order valence-corrected chi connectivity index (χ4v) is 3.76. The molecule has 0 fully saturated rings. The fourth-order valence-electron chi connectivity index (χ4n) is 3.76. The van der Waals surface area contributed by atoms with Gasteiger partial charge in [0.25, 0.3) is 5.91 Å². The molecule has 1 amide bonds. The van der Waals surface area contributed by atoms with Crippen LogP contribution in [0.25, 0.3) is 5.57 Å². The highest BCUT2D eigenvalue weighted by Crippen LogP contribution is 2.40. The van der Waals surface area contributed by atoms with Crippen LogP contribution in [0.15, 0.2) is 41.5 Å². The van der Waals surface area contributed by atoms with Crippen LogP contribution in [0.2, 0.25) is 0 Å². The Hall–Kier alpha value is -3.35. The lowest BCUT2D eigenvalue weighted by Crippen LogP contribution is -2.32. The molecule has 0 unspecified atom stereocenters. The third-order valence-electron chi connectivity index (χ3n) is 5.49. The van der Waals surface area contributed by atoms with E-state index in [1.54, 1.807) is 48.7 Å². The smallest absolute Gasteiger partial charge is 0.260 e. The Bertz CT molecular complexity index is 1060. The third kappa shape index (κ3) is 4.00. The van der Waals surface area contributed by atoms with Gasteiger partial charge in [-0.1, -0.05) is 19.4 Å². The van der Waals surface area contributed by atoms with E-state index in [1.807, 2.05) is 0 Å². The highest BCUT2D eigenvalue weighted by molar-refractivity contribution is 6.05. The predicted molar refractivity (Wildman–Crippen MR) is 117 cm³/mol. The summed E-state index contributed by atoms with van der Waals surface area (Å²) in [5, 5.41) is 0. The zero-order valence-electron chi connectivity index (χ0n) is 17.9. The zero-order valence-corrected chi connectivity index (χ0v) is 17.9. The molecule has 0 saturated carbocycles. The van der Waals surface area contributed by atoms with E-state index in [0.29, 0.717) is 41.3 Å². The maximum Gasteiger partial charge on any atom is 0.260 e. The van der Waals surface area contributed by atoms with E-state index in [9.17, 15) is 9.18 Å². The molecular formula is C24H25FN2O4. The molecule has 4 rings (SSSR count). The van der Waals surface area contributed by atoms with Crippen LogP contribution in [0.4, 0.5) is 10.1 Å². The van der Waals surface area contributed by atoms with Crippen molar-refractivity contribution in [2.45, 2.75) is 32.2 Å². The van der Waals surface area contributed by atoms with E-state index >= 15 is 0 Å². The van der Waals surface area contributed by atoms with Gasteiger partial charge in [0.15, 0.2) is 23.1 Å². The number of fused-ring (bicyclic) bond motifs is 2. The minimum atomic E-state index is -0.436. The second-order valence-corrected chi connectivity index (χ2v) is 7.49. The summed E-state index contributed by atoms with van der Waals surface area (Å²) < 4.78 is 30.4. The highest BCUT2D eigenvalue weighted by atomic mass is 19.1. The normalized spacial score (nSPS) is 17.0. The van der Waals surface area contributed by atoms with Crippen molar-refractivity contribution in [2.24, 2.45) is 4.99 Å². The Morgan fingerprint density at radius 1 is 1.13 bits per heavy atom. The summed E-state index contributed by atoms with van der Waals surface area (Å²) in [6, 6.07) is 8.00. The summed E-state index contributed by atoms with van der Waals surface area (Å²) >= 11 is 0. The molecule has 31 heavy (non-hydrogen) atoms. The zero-order chi connectivity index (χ0) is 22.0. The van der Waals surface area contributed by atoms with Crippen molar-refractivity contribution in [1.29, 1.82) is 0 Å². The van der Waals surface area contributed by atoms with Gasteiger partial charge in [0.1, 0.15) is 0 Å². The van der Waals surface area contributed by atoms with Crippen molar-refractivity contribution in [3.8, 4) is 17.2 Å². The number of benzene rings is 2. The number of amides is 1. The molecule has 0 aromatic heterocycles. The van der Waals surface area contributed by atoms with Gasteiger partial charge in [-0.25, -0.2) is 4.39 Å². The molecule has 2 aromatic rings. The van der Waals surface area contributed by atoms with Crippen molar-refractivity contribution < 1.29 is 23.4 Å². The number of methoxy groups -OCH3 is 2. The van der Waals surface area contributed by atoms with E-state index in [1.165, 1.54) is 13.2 Å². The first-order valence-electron chi connectivity index (χ1n) is 10.3. The molecule has 0 bridgehead atoms. The monoisotopic (exact) mass is 424 g/mol. The molecule has 7 heteroatoms. The van der Waals surface area contributed by atoms with Gasteiger partial charge in [0.2, 0.25) is 0 Å². The summed E-state index contributed by atoms with van der Waals surface area (Å²) in [6.45, 7) is 2.67. The number of halogens is 1. The number of hydrogen-bond acceptors (Lipinski definition) is 5. The van der Waals surface area contributed by atoms with Gasteiger partial charge in [-0.15, -0.1) is 0 Å². The first-order chi connectivity index (χ1) is 15.0. The molecule has 0 saturated heterocycles. The number of nitrogens with zero attached hydrogens (tertiary/aromatic N) is 2. The third-order valence-corrected chi connectivity index (χ3v) is 5.49. The van der Waals surface area contributed by atoms with Gasteiger partial charge >= 0.3 is 0 Å². The number of carbonyl (C=O) groups is 1. The molecule has 162 valence electrons. The maximum absolute atomic E-state index is 14.2. The summed E-state index contributed by atoms with van der Waals surface area (Å²) in [6.07, 6.45) is 6.03. The van der Waals surface area contributed by atoms with Crippen molar-refractivity contribution in [1.82, 2.24) is 4.90 Å². The summed E-state index contributed by atoms with van der Waals surface area (Å²) in [4.78, 5) is 19.5. The summed E-state index contributed by atoms with van der Waals surface area (Å²) in [5.41, 5.74) is 2.57. The van der Waals surface area contributed by atoms with Gasteiger partial charge in [0.05, 0.1) is 38.1 Å². The number of carbonyl (C=O) groups excluding carboxylic acids is 1. The van der Waals surface area contributed by atoms with Crippen LogP contribution >= 0.6 is 0 Å². The lowest BCUT2D eigenvalue weighted by atomic mass is 10.0. The van der Waals surface area contributed by atoms with Crippen molar-refractivity contribution in [2.75, 3.05) is 20.8 Å². The molecule has 6 nitrogen and oxygen atoms in total. The van der Waals surface area contributed by atoms with Gasteiger partial charge in [0, 0.05) is 24.9 Å². The van der Waals surface area contributed by atoms with Crippen molar-refractivity contribution in [3.05, 3.63) is 53.5 Å². The topological polar surface area (TPSA) is 60.4 Å². The van der Waals surface area contributed by atoms with Gasteiger partial charge < -0.3 is 19.1 Å². The largest absolute Gasteiger partial charge is 0.494 e. The van der Waals surface area contributed by atoms with Crippen LogP contribution < -0.4 is 14.2 Å². The van der Waals surface area contributed by atoms with Gasteiger partial charge in [-0.05, 0) is 35.8 Å². The number of aliphatic imine (C=N–C) groups is 1. The van der Waals surface area contributed by atoms with E-state index in [4.69, 9.17) is 14.2 Å². The Labute approximate surface area is 180 Å². The van der Waals surface area contributed by atoms with Crippen LogP contribution in [-0.2, 0) is 0 Å². The van der Waals surface area contributed by atoms with Crippen molar-refractivity contribution >= 4 is 23.4 Å². The van der Waals surface area contributed by atoms with Crippen LogP contribution in [-0.4, -0.2) is 43.9 Å². The minimum Gasteiger partial charge on any atom is -0.494 e. The Balaban J connectivity index is 1.64. The van der Waals surface area contributed by atoms with Gasteiger partial charge in [-0.2, -0.15) is 0 Å². The summed E-state index contributed by atoms with van der Waals surface area (Å²) in [5.74, 6) is 0.644. The molecule has 2 heterocycles. The van der Waals surface area contributed by atoms with E-state index in [0.717, 1.165) is 18.4 Å². The SMILES string of the molecule is CCCCOc1cc2c(cc1OC)C(=O)N1C=C(c3ccc(OC)c(F)c3)C[C@H]1C=N2. The molecule has 0 aliphatic carbocycles.